The van der Waals surface area contributed by atoms with Crippen molar-refractivity contribution in [1.82, 2.24) is 4.90 Å². The summed E-state index contributed by atoms with van der Waals surface area (Å²) < 4.78 is 10.9. The maximum Gasteiger partial charge on any atom is 0.331 e. The Balaban J connectivity index is 1.71. The third-order valence-electron chi connectivity index (χ3n) is 5.02. The van der Waals surface area contributed by atoms with E-state index in [1.54, 1.807) is 48.4 Å². The second-order valence-electron chi connectivity index (χ2n) is 6.85. The van der Waals surface area contributed by atoms with Crippen molar-refractivity contribution in [2.45, 2.75) is 18.7 Å². The number of rotatable bonds is 5. The maximum atomic E-state index is 13.4. The predicted molar refractivity (Wildman–Crippen MR) is 108 cm³/mol. The number of esters is 1. The molecule has 0 aliphatic carbocycles. The van der Waals surface area contributed by atoms with Crippen molar-refractivity contribution in [3.63, 3.8) is 0 Å². The Morgan fingerprint density at radius 1 is 0.931 bits per heavy atom. The molecule has 1 fully saturated rings. The van der Waals surface area contributed by atoms with Crippen LogP contribution >= 0.6 is 0 Å². The zero-order chi connectivity index (χ0) is 20.2. The fraction of sp³-hybridized carbons (Fsp3) is 0.167. The fourth-order valence-electron chi connectivity index (χ4n) is 3.52. The molecule has 3 aromatic carbocycles. The molecule has 1 saturated heterocycles. The average molecular weight is 387 g/mol. The van der Waals surface area contributed by atoms with E-state index in [9.17, 15) is 9.59 Å². The van der Waals surface area contributed by atoms with E-state index in [-0.39, 0.29) is 5.91 Å². The molecule has 5 nitrogen and oxygen atoms in total. The highest BCUT2D eigenvalue weighted by Gasteiger charge is 2.45. The van der Waals surface area contributed by atoms with Gasteiger partial charge < -0.3 is 9.47 Å². The van der Waals surface area contributed by atoms with Crippen molar-refractivity contribution < 1.29 is 19.1 Å². The smallest absolute Gasteiger partial charge is 0.331 e. The van der Waals surface area contributed by atoms with Crippen LogP contribution in [0.5, 0.6) is 5.75 Å². The van der Waals surface area contributed by atoms with E-state index in [0.717, 1.165) is 11.1 Å². The summed E-state index contributed by atoms with van der Waals surface area (Å²) in [7, 11) is 1.59. The van der Waals surface area contributed by atoms with Gasteiger partial charge in [0.2, 0.25) is 6.23 Å². The van der Waals surface area contributed by atoms with E-state index in [4.69, 9.17) is 9.47 Å². The molecule has 5 heteroatoms. The average Bonchev–Trinajstić information content (AvgIpc) is 3.10. The molecule has 0 N–H and O–H groups in total. The summed E-state index contributed by atoms with van der Waals surface area (Å²) in [5.41, 5.74) is 2.21. The topological polar surface area (TPSA) is 55.8 Å². The maximum absolute atomic E-state index is 13.4. The van der Waals surface area contributed by atoms with Crippen molar-refractivity contribution in [2.24, 2.45) is 0 Å². The Bertz CT molecular complexity index is 986. The molecule has 1 amide bonds. The van der Waals surface area contributed by atoms with E-state index >= 15 is 0 Å². The standard InChI is InChI=1S/C24H21NO4/c1-28-20-14-12-19(13-15-20)23-25(22(26)18-10-6-3-7-11-18)21(24(27)29-23)16-17-8-4-2-5-9-17/h2-15,21,23H,16H2,1H3/t21-,23-/m0/s1. The zero-order valence-corrected chi connectivity index (χ0v) is 16.0. The number of hydrogen-bond donors (Lipinski definition) is 0. The van der Waals surface area contributed by atoms with Gasteiger partial charge in [-0.15, -0.1) is 0 Å². The lowest BCUT2D eigenvalue weighted by Gasteiger charge is -2.26. The minimum atomic E-state index is -0.783. The molecule has 4 rings (SSSR count). The molecule has 1 heterocycles. The lowest BCUT2D eigenvalue weighted by molar-refractivity contribution is -0.142. The van der Waals surface area contributed by atoms with Crippen LogP contribution in [-0.4, -0.2) is 29.9 Å². The SMILES string of the molecule is COc1ccc([C@@H]2OC(=O)[C@H](Cc3ccccc3)N2C(=O)c2ccccc2)cc1. The number of ether oxygens (including phenoxy) is 2. The first-order valence-electron chi connectivity index (χ1n) is 9.43. The highest BCUT2D eigenvalue weighted by atomic mass is 16.6. The molecular weight excluding hydrogens is 366 g/mol. The molecule has 2 atom stereocenters. The molecule has 0 bridgehead atoms. The number of amides is 1. The third-order valence-corrected chi connectivity index (χ3v) is 5.02. The van der Waals surface area contributed by atoms with Gasteiger partial charge in [0.25, 0.3) is 5.91 Å². The second-order valence-corrected chi connectivity index (χ2v) is 6.85. The lowest BCUT2D eigenvalue weighted by atomic mass is 10.0. The predicted octanol–water partition coefficient (Wildman–Crippen LogP) is 4.00. The van der Waals surface area contributed by atoms with Crippen LogP contribution in [0.3, 0.4) is 0 Å². The summed E-state index contributed by atoms with van der Waals surface area (Å²) in [5.74, 6) is 0.0528. The van der Waals surface area contributed by atoms with Gasteiger partial charge >= 0.3 is 5.97 Å². The number of benzene rings is 3. The number of carbonyl (C=O) groups is 2. The first-order chi connectivity index (χ1) is 14.2. The monoisotopic (exact) mass is 387 g/mol. The Morgan fingerprint density at radius 3 is 2.17 bits per heavy atom. The van der Waals surface area contributed by atoms with Gasteiger partial charge in [0.1, 0.15) is 11.8 Å². The van der Waals surface area contributed by atoms with Crippen molar-refractivity contribution >= 4 is 11.9 Å². The van der Waals surface area contributed by atoms with E-state index in [1.807, 2.05) is 48.5 Å². The Hall–Kier alpha value is -3.60. The molecule has 29 heavy (non-hydrogen) atoms. The van der Waals surface area contributed by atoms with Gasteiger partial charge in [0, 0.05) is 17.5 Å². The van der Waals surface area contributed by atoms with Crippen molar-refractivity contribution in [3.8, 4) is 5.75 Å². The molecule has 0 spiro atoms. The van der Waals surface area contributed by atoms with E-state index < -0.39 is 18.2 Å². The molecule has 3 aromatic rings. The number of hydrogen-bond acceptors (Lipinski definition) is 4. The highest BCUT2D eigenvalue weighted by Crippen LogP contribution is 2.35. The van der Waals surface area contributed by atoms with Gasteiger partial charge in [-0.1, -0.05) is 48.5 Å². The molecule has 0 unspecified atom stereocenters. The number of nitrogens with zero attached hydrogens (tertiary/aromatic N) is 1. The summed E-state index contributed by atoms with van der Waals surface area (Å²) in [4.78, 5) is 27.7. The largest absolute Gasteiger partial charge is 0.497 e. The third kappa shape index (κ3) is 3.85. The quantitative estimate of drug-likeness (QED) is 0.621. The van der Waals surface area contributed by atoms with Crippen LogP contribution in [0.15, 0.2) is 84.9 Å². The molecule has 1 aliphatic heterocycles. The van der Waals surface area contributed by atoms with Crippen LogP contribution in [0.4, 0.5) is 0 Å². The minimum absolute atomic E-state index is 0.238. The van der Waals surface area contributed by atoms with Crippen molar-refractivity contribution in [2.75, 3.05) is 7.11 Å². The van der Waals surface area contributed by atoms with Crippen LogP contribution in [0.2, 0.25) is 0 Å². The van der Waals surface area contributed by atoms with Crippen LogP contribution < -0.4 is 4.74 Å². The van der Waals surface area contributed by atoms with Crippen molar-refractivity contribution in [1.29, 1.82) is 0 Å². The van der Waals surface area contributed by atoms with Gasteiger partial charge in [-0.3, -0.25) is 9.69 Å². The summed E-state index contributed by atoms with van der Waals surface area (Å²) >= 11 is 0. The van der Waals surface area contributed by atoms with E-state index in [0.29, 0.717) is 17.7 Å². The molecule has 0 radical (unpaired) electrons. The summed E-state index contributed by atoms with van der Waals surface area (Å²) in [6.07, 6.45) is -0.389. The molecule has 1 aliphatic rings. The van der Waals surface area contributed by atoms with Crippen LogP contribution in [0, 0.1) is 0 Å². The summed E-state index contributed by atoms with van der Waals surface area (Å²) in [5, 5.41) is 0. The molecule has 0 saturated carbocycles. The van der Waals surface area contributed by atoms with Gasteiger partial charge in [0.05, 0.1) is 7.11 Å². The van der Waals surface area contributed by atoms with E-state index in [1.165, 1.54) is 0 Å². The van der Waals surface area contributed by atoms with Gasteiger partial charge in [-0.25, -0.2) is 4.79 Å². The Labute approximate surface area is 169 Å². The van der Waals surface area contributed by atoms with Crippen LogP contribution in [0.1, 0.15) is 27.7 Å². The first-order valence-corrected chi connectivity index (χ1v) is 9.43. The lowest BCUT2D eigenvalue weighted by Crippen LogP contribution is -2.40. The number of cyclic esters (lactones) is 1. The zero-order valence-electron chi connectivity index (χ0n) is 16.0. The normalized spacial score (nSPS) is 18.4. The minimum Gasteiger partial charge on any atom is -0.497 e. The van der Waals surface area contributed by atoms with Gasteiger partial charge in [-0.05, 0) is 42.0 Å². The summed E-state index contributed by atoms with van der Waals surface area (Å²) in [6.45, 7) is 0. The van der Waals surface area contributed by atoms with Gasteiger partial charge in [0.15, 0.2) is 0 Å². The van der Waals surface area contributed by atoms with E-state index in [2.05, 4.69) is 0 Å². The first kappa shape index (κ1) is 18.7. The second kappa shape index (κ2) is 8.19. The van der Waals surface area contributed by atoms with Gasteiger partial charge in [-0.2, -0.15) is 0 Å². The van der Waals surface area contributed by atoms with Crippen LogP contribution in [0.25, 0.3) is 0 Å². The number of methoxy groups -OCH3 is 1. The Morgan fingerprint density at radius 2 is 1.55 bits per heavy atom. The Kier molecular flexibility index (Phi) is 5.29. The van der Waals surface area contributed by atoms with Crippen molar-refractivity contribution in [3.05, 3.63) is 102 Å². The van der Waals surface area contributed by atoms with Crippen LogP contribution in [-0.2, 0) is 16.0 Å². The molecular formula is C24H21NO4. The number of carbonyl (C=O) groups excluding carboxylic acids is 2. The molecule has 0 aromatic heterocycles. The molecule has 146 valence electrons. The summed E-state index contributed by atoms with van der Waals surface area (Å²) in [6, 6.07) is 25.1. The fourth-order valence-corrected chi connectivity index (χ4v) is 3.52. The highest BCUT2D eigenvalue weighted by molar-refractivity contribution is 5.98.